The first kappa shape index (κ1) is 20.8. The third-order valence-electron chi connectivity index (χ3n) is 4.63. The minimum atomic E-state index is -3.84. The number of carbonyl (C=O) groups excluding carboxylic acids is 2. The molecule has 9 heteroatoms. The van der Waals surface area contributed by atoms with Gasteiger partial charge in [0.25, 0.3) is 0 Å². The summed E-state index contributed by atoms with van der Waals surface area (Å²) in [6.07, 6.45) is -0.988. The van der Waals surface area contributed by atoms with Crippen LogP contribution in [0.15, 0.2) is 53.4 Å². The maximum atomic E-state index is 13.0. The van der Waals surface area contributed by atoms with Crippen LogP contribution in [-0.2, 0) is 24.3 Å². The van der Waals surface area contributed by atoms with E-state index in [4.69, 9.17) is 9.47 Å². The van der Waals surface area contributed by atoms with Crippen LogP contribution in [0.25, 0.3) is 0 Å². The molecule has 0 spiro atoms. The lowest BCUT2D eigenvalue weighted by atomic mass is 10.2. The number of rotatable bonds is 5. The lowest BCUT2D eigenvalue weighted by Gasteiger charge is -2.34. The van der Waals surface area contributed by atoms with Crippen molar-refractivity contribution in [2.24, 2.45) is 0 Å². The minimum Gasteiger partial charge on any atom is -0.475 e. The second kappa shape index (κ2) is 8.22. The molecular weight excluding hydrogens is 396 g/mol. The van der Waals surface area contributed by atoms with Crippen molar-refractivity contribution in [2.45, 2.75) is 17.9 Å². The van der Waals surface area contributed by atoms with Gasteiger partial charge in [-0.15, -0.1) is 0 Å². The molecule has 1 heterocycles. The SMILES string of the molecule is COC(=O)[C@@H]1CN(C(=O)CN(C)S(=O)(=O)c2ccc(C)cc2)c2ccccc2O1. The van der Waals surface area contributed by atoms with Gasteiger partial charge < -0.3 is 14.4 Å². The molecule has 8 nitrogen and oxygen atoms in total. The highest BCUT2D eigenvalue weighted by atomic mass is 32.2. The smallest absolute Gasteiger partial charge is 0.348 e. The summed E-state index contributed by atoms with van der Waals surface area (Å²) in [5.74, 6) is -0.739. The zero-order valence-corrected chi connectivity index (χ0v) is 17.2. The number of sulfonamides is 1. The largest absolute Gasteiger partial charge is 0.475 e. The zero-order valence-electron chi connectivity index (χ0n) is 16.4. The Bertz CT molecular complexity index is 1020. The number of ether oxygens (including phenoxy) is 2. The van der Waals surface area contributed by atoms with Crippen molar-refractivity contribution >= 4 is 27.6 Å². The molecule has 0 unspecified atom stereocenters. The molecule has 1 amide bonds. The van der Waals surface area contributed by atoms with Crippen molar-refractivity contribution in [3.8, 4) is 5.75 Å². The van der Waals surface area contributed by atoms with Crippen LogP contribution >= 0.6 is 0 Å². The first-order valence-corrected chi connectivity index (χ1v) is 10.3. The molecule has 154 valence electrons. The molecule has 2 aromatic rings. The van der Waals surface area contributed by atoms with E-state index in [9.17, 15) is 18.0 Å². The Balaban J connectivity index is 1.83. The summed E-state index contributed by atoms with van der Waals surface area (Å²) in [5.41, 5.74) is 1.40. The number of para-hydroxylation sites is 2. The summed E-state index contributed by atoms with van der Waals surface area (Å²) in [4.78, 5) is 26.4. The van der Waals surface area contributed by atoms with E-state index < -0.39 is 34.5 Å². The number of methoxy groups -OCH3 is 1. The van der Waals surface area contributed by atoms with E-state index in [1.807, 2.05) is 6.92 Å². The predicted octanol–water partition coefficient (Wildman–Crippen LogP) is 1.58. The zero-order chi connectivity index (χ0) is 21.2. The molecule has 3 rings (SSSR count). The lowest BCUT2D eigenvalue weighted by Crippen LogP contribution is -2.50. The van der Waals surface area contributed by atoms with Gasteiger partial charge in [0.15, 0.2) is 0 Å². The lowest BCUT2D eigenvalue weighted by molar-refractivity contribution is -0.148. The third-order valence-corrected chi connectivity index (χ3v) is 6.44. The summed E-state index contributed by atoms with van der Waals surface area (Å²) in [7, 11) is -1.26. The molecule has 0 aliphatic carbocycles. The summed E-state index contributed by atoms with van der Waals surface area (Å²) < 4.78 is 36.9. The van der Waals surface area contributed by atoms with Crippen molar-refractivity contribution in [3.63, 3.8) is 0 Å². The van der Waals surface area contributed by atoms with E-state index in [2.05, 4.69) is 0 Å². The number of carbonyl (C=O) groups is 2. The summed E-state index contributed by atoms with van der Waals surface area (Å²) >= 11 is 0. The van der Waals surface area contributed by atoms with E-state index in [-0.39, 0.29) is 11.4 Å². The van der Waals surface area contributed by atoms with Gasteiger partial charge in [0.05, 0.1) is 30.8 Å². The van der Waals surface area contributed by atoms with Crippen LogP contribution in [0.1, 0.15) is 5.56 Å². The Morgan fingerprint density at radius 1 is 1.17 bits per heavy atom. The molecule has 1 aliphatic rings. The van der Waals surface area contributed by atoms with Gasteiger partial charge in [0.1, 0.15) is 5.75 Å². The van der Waals surface area contributed by atoms with Gasteiger partial charge >= 0.3 is 5.97 Å². The van der Waals surface area contributed by atoms with Gasteiger partial charge in [0.2, 0.25) is 22.0 Å². The Morgan fingerprint density at radius 3 is 2.48 bits per heavy atom. The standard InChI is InChI=1S/C20H22N2O6S/c1-14-8-10-15(11-9-14)29(25,26)21(2)13-19(23)22-12-18(20(24)27-3)28-17-7-5-4-6-16(17)22/h4-11,18H,12-13H2,1-3H3/t18-/m0/s1. The van der Waals surface area contributed by atoms with E-state index in [0.717, 1.165) is 9.87 Å². The fourth-order valence-corrected chi connectivity index (χ4v) is 4.10. The van der Waals surface area contributed by atoms with E-state index >= 15 is 0 Å². The minimum absolute atomic E-state index is 0.0685. The Labute approximate surface area is 169 Å². The summed E-state index contributed by atoms with van der Waals surface area (Å²) in [5, 5.41) is 0. The summed E-state index contributed by atoms with van der Waals surface area (Å²) in [6.45, 7) is 1.40. The number of fused-ring (bicyclic) bond motifs is 1. The molecule has 0 N–H and O–H groups in total. The van der Waals surface area contributed by atoms with Gasteiger partial charge in [-0.3, -0.25) is 4.79 Å². The molecule has 0 saturated heterocycles. The number of hydrogen-bond donors (Lipinski definition) is 0. The molecule has 2 aromatic carbocycles. The molecular formula is C20H22N2O6S. The molecule has 0 radical (unpaired) electrons. The first-order chi connectivity index (χ1) is 13.7. The Morgan fingerprint density at radius 2 is 1.83 bits per heavy atom. The highest BCUT2D eigenvalue weighted by molar-refractivity contribution is 7.89. The fourth-order valence-electron chi connectivity index (χ4n) is 2.98. The number of nitrogens with zero attached hydrogens (tertiary/aromatic N) is 2. The van der Waals surface area contributed by atoms with Crippen LogP contribution in [-0.4, -0.2) is 58.0 Å². The number of hydrogen-bond acceptors (Lipinski definition) is 6. The molecule has 1 aliphatic heterocycles. The number of aryl methyl sites for hydroxylation is 1. The third kappa shape index (κ3) is 4.25. The average Bonchev–Trinajstić information content (AvgIpc) is 2.72. The van der Waals surface area contributed by atoms with Gasteiger partial charge in [-0.2, -0.15) is 4.31 Å². The molecule has 29 heavy (non-hydrogen) atoms. The fraction of sp³-hybridized carbons (Fsp3) is 0.300. The monoisotopic (exact) mass is 418 g/mol. The molecule has 0 saturated carbocycles. The van der Waals surface area contributed by atoms with Crippen LogP contribution in [0.2, 0.25) is 0 Å². The van der Waals surface area contributed by atoms with Crippen LogP contribution in [0.4, 0.5) is 5.69 Å². The normalized spacial score (nSPS) is 16.1. The average molecular weight is 418 g/mol. The van der Waals surface area contributed by atoms with Gasteiger partial charge in [-0.25, -0.2) is 13.2 Å². The molecule has 1 atom stereocenters. The first-order valence-electron chi connectivity index (χ1n) is 8.91. The van der Waals surface area contributed by atoms with Gasteiger partial charge in [0, 0.05) is 7.05 Å². The second-order valence-corrected chi connectivity index (χ2v) is 8.72. The van der Waals surface area contributed by atoms with Crippen molar-refractivity contribution < 1.29 is 27.5 Å². The maximum Gasteiger partial charge on any atom is 0.348 e. The number of anilines is 1. The van der Waals surface area contributed by atoms with Crippen LogP contribution in [0.5, 0.6) is 5.75 Å². The van der Waals surface area contributed by atoms with Crippen molar-refractivity contribution in [3.05, 3.63) is 54.1 Å². The number of amides is 1. The highest BCUT2D eigenvalue weighted by Gasteiger charge is 2.35. The number of esters is 1. The van der Waals surface area contributed by atoms with E-state index in [1.165, 1.54) is 31.2 Å². The number of likely N-dealkylation sites (N-methyl/N-ethyl adjacent to an activating group) is 1. The molecule has 0 fully saturated rings. The van der Waals surface area contributed by atoms with Crippen LogP contribution < -0.4 is 9.64 Å². The van der Waals surface area contributed by atoms with Crippen molar-refractivity contribution in [2.75, 3.05) is 32.1 Å². The topological polar surface area (TPSA) is 93.2 Å². The Hall–Kier alpha value is -2.91. The molecule has 0 bridgehead atoms. The second-order valence-electron chi connectivity index (χ2n) is 6.68. The van der Waals surface area contributed by atoms with Crippen molar-refractivity contribution in [1.29, 1.82) is 0 Å². The quantitative estimate of drug-likeness (QED) is 0.685. The molecule has 0 aromatic heterocycles. The van der Waals surface area contributed by atoms with E-state index in [0.29, 0.717) is 11.4 Å². The summed E-state index contributed by atoms with van der Waals surface area (Å²) in [6, 6.07) is 13.2. The van der Waals surface area contributed by atoms with Gasteiger partial charge in [-0.1, -0.05) is 29.8 Å². The predicted molar refractivity (Wildman–Crippen MR) is 106 cm³/mol. The Kier molecular flexibility index (Phi) is 5.90. The maximum absolute atomic E-state index is 13.0. The van der Waals surface area contributed by atoms with Crippen LogP contribution in [0.3, 0.4) is 0 Å². The van der Waals surface area contributed by atoms with Crippen LogP contribution in [0, 0.1) is 6.92 Å². The van der Waals surface area contributed by atoms with Crippen molar-refractivity contribution in [1.82, 2.24) is 4.31 Å². The van der Waals surface area contributed by atoms with E-state index in [1.54, 1.807) is 36.4 Å². The van der Waals surface area contributed by atoms with Gasteiger partial charge in [-0.05, 0) is 31.2 Å². The highest BCUT2D eigenvalue weighted by Crippen LogP contribution is 2.33. The number of benzene rings is 2.